The average molecular weight is 288 g/mol. The summed E-state index contributed by atoms with van der Waals surface area (Å²) in [6.07, 6.45) is 2.16. The third-order valence-electron chi connectivity index (χ3n) is 4.42. The first-order valence-electron chi connectivity index (χ1n) is 7.35. The maximum atomic E-state index is 5.54. The highest BCUT2D eigenvalue weighted by Gasteiger charge is 2.19. The number of rotatable bonds is 0. The molecule has 1 aliphatic heterocycles. The van der Waals surface area contributed by atoms with Crippen LogP contribution in [0.5, 0.6) is 11.5 Å². The number of aryl methyl sites for hydroxylation is 1. The molecule has 0 fully saturated rings. The quantitative estimate of drug-likeness (QED) is 0.363. The monoisotopic (exact) mass is 288 g/mol. The van der Waals surface area contributed by atoms with Crippen molar-refractivity contribution in [3.05, 3.63) is 54.7 Å². The Hall–Kier alpha value is -2.81. The lowest BCUT2D eigenvalue weighted by molar-refractivity contribution is -0.642. The molecule has 5 rings (SSSR count). The first-order valence-corrected chi connectivity index (χ1v) is 7.35. The second kappa shape index (κ2) is 4.10. The maximum absolute atomic E-state index is 5.54. The Morgan fingerprint density at radius 3 is 2.55 bits per heavy atom. The van der Waals surface area contributed by atoms with Crippen LogP contribution < -0.4 is 14.0 Å². The highest BCUT2D eigenvalue weighted by molar-refractivity contribution is 6.13. The standard InChI is InChI=1S/C19H14NO2/c1-20-10-13-8-17-18(22-11-21-17)9-16(13)15-7-6-12-4-2-3-5-14(12)19(15)20/h2-10H,11H2,1H3/q+1. The van der Waals surface area contributed by atoms with Crippen LogP contribution in [0, 0.1) is 0 Å². The van der Waals surface area contributed by atoms with Crippen molar-refractivity contribution in [3.63, 3.8) is 0 Å². The van der Waals surface area contributed by atoms with E-state index in [1.165, 1.54) is 27.1 Å². The van der Waals surface area contributed by atoms with Crippen molar-refractivity contribution in [1.82, 2.24) is 0 Å². The number of pyridine rings is 1. The predicted molar refractivity (Wildman–Crippen MR) is 86.3 cm³/mol. The molecule has 4 aromatic rings. The fourth-order valence-corrected chi connectivity index (χ4v) is 3.42. The van der Waals surface area contributed by atoms with Gasteiger partial charge in [0.05, 0.1) is 16.2 Å². The summed E-state index contributed by atoms with van der Waals surface area (Å²) in [5, 5.41) is 6.11. The second-order valence-electron chi connectivity index (χ2n) is 5.72. The number of nitrogens with zero attached hydrogens (tertiary/aromatic N) is 1. The SMILES string of the molecule is C[n+]1cc2cc3c(cc2c2ccc4ccccc4c21)OCO3. The van der Waals surface area contributed by atoms with E-state index in [0.29, 0.717) is 6.79 Å². The van der Waals surface area contributed by atoms with Crippen molar-refractivity contribution >= 4 is 32.4 Å². The van der Waals surface area contributed by atoms with Gasteiger partial charge >= 0.3 is 0 Å². The maximum Gasteiger partial charge on any atom is 0.231 e. The van der Waals surface area contributed by atoms with Crippen molar-refractivity contribution in [2.75, 3.05) is 6.79 Å². The number of fused-ring (bicyclic) bond motifs is 6. The minimum Gasteiger partial charge on any atom is -0.454 e. The van der Waals surface area contributed by atoms with E-state index in [1.807, 2.05) is 0 Å². The van der Waals surface area contributed by atoms with E-state index in [0.717, 1.165) is 16.9 Å². The van der Waals surface area contributed by atoms with Gasteiger partial charge in [-0.15, -0.1) is 0 Å². The molecule has 1 aliphatic rings. The Labute approximate surface area is 127 Å². The Balaban J connectivity index is 2.02. The highest BCUT2D eigenvalue weighted by atomic mass is 16.7. The summed E-state index contributed by atoms with van der Waals surface area (Å²) >= 11 is 0. The summed E-state index contributed by atoms with van der Waals surface area (Å²) in [7, 11) is 2.10. The van der Waals surface area contributed by atoms with Crippen molar-refractivity contribution < 1.29 is 14.0 Å². The molecule has 2 heterocycles. The van der Waals surface area contributed by atoms with Gasteiger partial charge in [0.1, 0.15) is 7.05 Å². The molecule has 3 heteroatoms. The lowest BCUT2D eigenvalue weighted by Gasteiger charge is -2.07. The van der Waals surface area contributed by atoms with Crippen molar-refractivity contribution in [2.24, 2.45) is 7.05 Å². The van der Waals surface area contributed by atoms with Gasteiger partial charge in [-0.1, -0.05) is 24.3 Å². The lowest BCUT2D eigenvalue weighted by atomic mass is 10.0. The van der Waals surface area contributed by atoms with Crippen molar-refractivity contribution in [1.29, 1.82) is 0 Å². The first-order chi connectivity index (χ1) is 10.8. The molecule has 0 amide bonds. The van der Waals surface area contributed by atoms with Crippen LogP contribution in [0.1, 0.15) is 0 Å². The molecule has 106 valence electrons. The molecular formula is C19H14NO2+. The summed E-state index contributed by atoms with van der Waals surface area (Å²) in [4.78, 5) is 0. The van der Waals surface area contributed by atoms with Crippen molar-refractivity contribution in [2.45, 2.75) is 0 Å². The molecule has 1 aromatic heterocycles. The number of aromatic nitrogens is 1. The van der Waals surface area contributed by atoms with Crippen LogP contribution in [0.3, 0.4) is 0 Å². The fraction of sp³-hybridized carbons (Fsp3) is 0.105. The van der Waals surface area contributed by atoms with Crippen molar-refractivity contribution in [3.8, 4) is 11.5 Å². The normalized spacial score (nSPS) is 13.3. The van der Waals surface area contributed by atoms with Gasteiger partial charge in [-0.05, 0) is 29.7 Å². The largest absolute Gasteiger partial charge is 0.454 e. The molecule has 0 unspecified atom stereocenters. The summed E-state index contributed by atoms with van der Waals surface area (Å²) in [6, 6.07) is 17.0. The number of ether oxygens (including phenoxy) is 2. The van der Waals surface area contributed by atoms with Crippen LogP contribution in [0.4, 0.5) is 0 Å². The molecule has 3 aromatic carbocycles. The molecular weight excluding hydrogens is 274 g/mol. The van der Waals surface area contributed by atoms with E-state index in [9.17, 15) is 0 Å². The number of benzene rings is 3. The minimum atomic E-state index is 0.304. The topological polar surface area (TPSA) is 22.3 Å². The molecule has 22 heavy (non-hydrogen) atoms. The molecule has 0 spiro atoms. The van der Waals surface area contributed by atoms with Crippen LogP contribution in [-0.2, 0) is 7.05 Å². The summed E-state index contributed by atoms with van der Waals surface area (Å²) < 4.78 is 13.2. The van der Waals surface area contributed by atoms with E-state index in [2.05, 4.69) is 66.3 Å². The summed E-state index contributed by atoms with van der Waals surface area (Å²) in [6.45, 7) is 0.304. The molecule has 3 nitrogen and oxygen atoms in total. The van der Waals surface area contributed by atoms with E-state index >= 15 is 0 Å². The molecule has 0 aliphatic carbocycles. The van der Waals surface area contributed by atoms with Gasteiger partial charge in [0, 0.05) is 5.39 Å². The van der Waals surface area contributed by atoms with Gasteiger partial charge < -0.3 is 9.47 Å². The smallest absolute Gasteiger partial charge is 0.231 e. The predicted octanol–water partition coefficient (Wildman–Crippen LogP) is 3.70. The molecule has 0 bridgehead atoms. The Bertz CT molecular complexity index is 1070. The zero-order chi connectivity index (χ0) is 14.7. The fourth-order valence-electron chi connectivity index (χ4n) is 3.42. The van der Waals surface area contributed by atoms with Gasteiger partial charge in [0.2, 0.25) is 12.3 Å². The van der Waals surface area contributed by atoms with Gasteiger partial charge in [0.25, 0.3) is 0 Å². The van der Waals surface area contributed by atoms with Crippen LogP contribution >= 0.6 is 0 Å². The Morgan fingerprint density at radius 2 is 1.64 bits per heavy atom. The van der Waals surface area contributed by atoms with Gasteiger partial charge in [-0.2, -0.15) is 4.57 Å². The van der Waals surface area contributed by atoms with E-state index in [-0.39, 0.29) is 0 Å². The highest BCUT2D eigenvalue weighted by Crippen LogP contribution is 2.38. The minimum absolute atomic E-state index is 0.304. The molecule has 0 atom stereocenters. The summed E-state index contributed by atoms with van der Waals surface area (Å²) in [5.41, 5.74) is 1.24. The number of hydrogen-bond acceptors (Lipinski definition) is 2. The zero-order valence-electron chi connectivity index (χ0n) is 12.2. The molecule has 0 N–H and O–H groups in total. The van der Waals surface area contributed by atoms with Crippen LogP contribution in [0.25, 0.3) is 32.4 Å². The van der Waals surface area contributed by atoms with Gasteiger partial charge in [0.15, 0.2) is 17.7 Å². The average Bonchev–Trinajstić information content (AvgIpc) is 3.00. The van der Waals surface area contributed by atoms with E-state index in [1.54, 1.807) is 0 Å². The van der Waals surface area contributed by atoms with E-state index < -0.39 is 0 Å². The first kappa shape index (κ1) is 11.8. The summed E-state index contributed by atoms with van der Waals surface area (Å²) in [5.74, 6) is 1.66. The molecule has 0 saturated heterocycles. The van der Waals surface area contributed by atoms with Crippen LogP contribution in [0.2, 0.25) is 0 Å². The van der Waals surface area contributed by atoms with Gasteiger partial charge in [-0.3, -0.25) is 0 Å². The van der Waals surface area contributed by atoms with Crippen LogP contribution in [0.15, 0.2) is 54.7 Å². The van der Waals surface area contributed by atoms with Gasteiger partial charge in [-0.25, -0.2) is 0 Å². The molecule has 0 saturated carbocycles. The van der Waals surface area contributed by atoms with Crippen LogP contribution in [-0.4, -0.2) is 6.79 Å². The van der Waals surface area contributed by atoms with E-state index in [4.69, 9.17) is 9.47 Å². The Kier molecular flexibility index (Phi) is 2.20. The third kappa shape index (κ3) is 1.48. The second-order valence-corrected chi connectivity index (χ2v) is 5.72. The lowest BCUT2D eigenvalue weighted by Crippen LogP contribution is -2.28. The third-order valence-corrected chi connectivity index (χ3v) is 4.42. The molecule has 0 radical (unpaired) electrons. The zero-order valence-corrected chi connectivity index (χ0v) is 12.2. The Morgan fingerprint density at radius 1 is 0.818 bits per heavy atom. The number of hydrogen-bond donors (Lipinski definition) is 0.